The number of aromatic hydroxyl groups is 1. The van der Waals surface area contributed by atoms with Gasteiger partial charge >= 0.3 is 0 Å². The van der Waals surface area contributed by atoms with E-state index in [4.69, 9.17) is 17.0 Å². The first-order valence-corrected chi connectivity index (χ1v) is 7.69. The molecule has 2 N–H and O–H groups in total. The Labute approximate surface area is 143 Å². The third kappa shape index (κ3) is 3.18. The maximum atomic E-state index is 10.2. The number of nitrogens with zero attached hydrogens (tertiary/aromatic N) is 4. The highest BCUT2D eigenvalue weighted by Crippen LogP contribution is 2.28. The number of hydrogen-bond acceptors (Lipinski definition) is 6. The lowest BCUT2D eigenvalue weighted by molar-refractivity contribution is 0.318. The molecule has 0 unspecified atom stereocenters. The molecule has 1 aromatic carbocycles. The smallest absolute Gasteiger partial charge is 0.216 e. The number of ether oxygens (including phenoxy) is 1. The van der Waals surface area contributed by atoms with Gasteiger partial charge in [0.1, 0.15) is 5.69 Å². The third-order valence-corrected chi connectivity index (χ3v) is 3.45. The van der Waals surface area contributed by atoms with Crippen LogP contribution in [-0.4, -0.2) is 37.8 Å². The number of phenols is 1. The molecule has 0 spiro atoms. The van der Waals surface area contributed by atoms with Crippen LogP contribution in [0.5, 0.6) is 11.5 Å². The van der Waals surface area contributed by atoms with E-state index in [1.807, 2.05) is 25.1 Å². The number of H-pyrrole nitrogens is 1. The number of para-hydroxylation sites is 1. The zero-order chi connectivity index (χ0) is 16.9. The van der Waals surface area contributed by atoms with Gasteiger partial charge in [0, 0.05) is 11.8 Å². The second-order valence-electron chi connectivity index (χ2n) is 4.75. The molecule has 0 aliphatic carbocycles. The van der Waals surface area contributed by atoms with Crippen LogP contribution in [0.4, 0.5) is 0 Å². The molecule has 0 aliphatic heterocycles. The summed E-state index contributed by atoms with van der Waals surface area (Å²) in [7, 11) is 0. The highest BCUT2D eigenvalue weighted by Gasteiger charge is 2.10. The van der Waals surface area contributed by atoms with Crippen LogP contribution < -0.4 is 4.74 Å². The molecule has 2 heterocycles. The summed E-state index contributed by atoms with van der Waals surface area (Å²) in [5.74, 6) is 0.914. The Kier molecular flexibility index (Phi) is 4.66. The molecule has 24 heavy (non-hydrogen) atoms. The van der Waals surface area contributed by atoms with Gasteiger partial charge in [-0.25, -0.2) is 5.10 Å². The van der Waals surface area contributed by atoms with Crippen LogP contribution in [0.25, 0.3) is 11.5 Å². The van der Waals surface area contributed by atoms with E-state index in [0.717, 1.165) is 0 Å². The second kappa shape index (κ2) is 7.05. The Morgan fingerprint density at radius 3 is 2.96 bits per heavy atom. The monoisotopic (exact) mass is 341 g/mol. The molecule has 2 aromatic heterocycles. The molecule has 3 rings (SSSR count). The van der Waals surface area contributed by atoms with Crippen molar-refractivity contribution < 1.29 is 9.84 Å². The van der Waals surface area contributed by atoms with Gasteiger partial charge in [-0.2, -0.15) is 14.9 Å². The van der Waals surface area contributed by atoms with Crippen LogP contribution in [0.1, 0.15) is 12.5 Å². The van der Waals surface area contributed by atoms with Crippen LogP contribution in [-0.2, 0) is 0 Å². The molecule has 0 amide bonds. The van der Waals surface area contributed by atoms with E-state index in [0.29, 0.717) is 34.2 Å². The van der Waals surface area contributed by atoms with Crippen molar-refractivity contribution in [2.45, 2.75) is 6.92 Å². The summed E-state index contributed by atoms with van der Waals surface area (Å²) in [6.07, 6.45) is 3.16. The van der Waals surface area contributed by atoms with Crippen molar-refractivity contribution in [3.8, 4) is 23.0 Å². The van der Waals surface area contributed by atoms with Crippen LogP contribution in [0.3, 0.4) is 0 Å². The van der Waals surface area contributed by atoms with Crippen molar-refractivity contribution >= 4 is 18.4 Å². The fourth-order valence-electron chi connectivity index (χ4n) is 2.10. The lowest BCUT2D eigenvalue weighted by Gasteiger charge is -2.07. The number of phenolic OH excluding ortho intramolecular Hbond substituents is 1. The van der Waals surface area contributed by atoms with E-state index in [9.17, 15) is 5.11 Å². The SMILES string of the molecule is CCOc1cccc(C=Nn2c(-c3ccccn3)n[nH]c2=S)c1O. The highest BCUT2D eigenvalue weighted by atomic mass is 32.1. The van der Waals surface area contributed by atoms with Crippen molar-refractivity contribution in [2.75, 3.05) is 6.61 Å². The van der Waals surface area contributed by atoms with Gasteiger partial charge in [0.25, 0.3) is 0 Å². The Morgan fingerprint density at radius 2 is 2.21 bits per heavy atom. The summed E-state index contributed by atoms with van der Waals surface area (Å²) in [6, 6.07) is 10.7. The summed E-state index contributed by atoms with van der Waals surface area (Å²) >= 11 is 5.20. The number of rotatable bonds is 5. The maximum absolute atomic E-state index is 10.2. The minimum Gasteiger partial charge on any atom is -0.504 e. The van der Waals surface area contributed by atoms with E-state index in [-0.39, 0.29) is 5.75 Å². The first-order chi connectivity index (χ1) is 11.7. The average Bonchev–Trinajstić information content (AvgIpc) is 2.97. The fourth-order valence-corrected chi connectivity index (χ4v) is 2.27. The Bertz CT molecular complexity index is 918. The summed E-state index contributed by atoms with van der Waals surface area (Å²) < 4.78 is 7.14. The van der Waals surface area contributed by atoms with Crippen LogP contribution in [0.2, 0.25) is 0 Å². The normalized spacial score (nSPS) is 11.0. The number of aromatic amines is 1. The predicted molar refractivity (Wildman–Crippen MR) is 92.9 cm³/mol. The first-order valence-electron chi connectivity index (χ1n) is 7.28. The van der Waals surface area contributed by atoms with Gasteiger partial charge in [-0.3, -0.25) is 4.98 Å². The lowest BCUT2D eigenvalue weighted by atomic mass is 10.2. The highest BCUT2D eigenvalue weighted by molar-refractivity contribution is 7.71. The maximum Gasteiger partial charge on any atom is 0.216 e. The second-order valence-corrected chi connectivity index (χ2v) is 5.14. The lowest BCUT2D eigenvalue weighted by Crippen LogP contribution is -1.97. The van der Waals surface area contributed by atoms with Crippen LogP contribution in [0, 0.1) is 4.77 Å². The van der Waals surface area contributed by atoms with Gasteiger partial charge in [-0.05, 0) is 43.4 Å². The molecule has 8 heteroatoms. The van der Waals surface area contributed by atoms with Gasteiger partial charge in [0.15, 0.2) is 11.5 Å². The average molecular weight is 341 g/mol. The minimum absolute atomic E-state index is 0.0255. The van der Waals surface area contributed by atoms with Crippen molar-refractivity contribution in [2.24, 2.45) is 5.10 Å². The third-order valence-electron chi connectivity index (χ3n) is 3.19. The number of aromatic nitrogens is 4. The summed E-state index contributed by atoms with van der Waals surface area (Å²) in [5, 5.41) is 21.4. The molecule has 122 valence electrons. The van der Waals surface area contributed by atoms with Crippen molar-refractivity contribution in [3.05, 3.63) is 52.9 Å². The van der Waals surface area contributed by atoms with Crippen molar-refractivity contribution in [1.82, 2.24) is 19.9 Å². The van der Waals surface area contributed by atoms with E-state index >= 15 is 0 Å². The standard InChI is InChI=1S/C16H15N5O2S/c1-2-23-13-8-5-6-11(14(13)22)10-18-21-15(19-20-16(21)24)12-7-3-4-9-17-12/h3-10,22H,2H2,1H3,(H,20,24). The minimum atomic E-state index is 0.0255. The molecule has 7 nitrogen and oxygen atoms in total. The molecule has 0 bridgehead atoms. The van der Waals surface area contributed by atoms with Gasteiger partial charge in [-0.1, -0.05) is 12.1 Å². The number of nitrogens with one attached hydrogen (secondary N) is 1. The topological polar surface area (TPSA) is 88.3 Å². The molecule has 3 aromatic rings. The van der Waals surface area contributed by atoms with Gasteiger partial charge in [-0.15, -0.1) is 0 Å². The largest absolute Gasteiger partial charge is 0.504 e. The predicted octanol–water partition coefficient (Wildman–Crippen LogP) is 2.99. The molecule has 0 radical (unpaired) electrons. The number of benzene rings is 1. The zero-order valence-corrected chi connectivity index (χ0v) is 13.7. The molecule has 0 aliphatic rings. The van der Waals surface area contributed by atoms with E-state index in [2.05, 4.69) is 20.3 Å². The fraction of sp³-hybridized carbons (Fsp3) is 0.125. The molecule has 0 saturated heterocycles. The summed E-state index contributed by atoms with van der Waals surface area (Å²) in [6.45, 7) is 2.31. The summed E-state index contributed by atoms with van der Waals surface area (Å²) in [5.41, 5.74) is 1.14. The van der Waals surface area contributed by atoms with E-state index < -0.39 is 0 Å². The number of pyridine rings is 1. The van der Waals surface area contributed by atoms with Crippen LogP contribution in [0.15, 0.2) is 47.7 Å². The van der Waals surface area contributed by atoms with E-state index in [1.54, 1.807) is 24.4 Å². The van der Waals surface area contributed by atoms with Crippen molar-refractivity contribution in [1.29, 1.82) is 0 Å². The Hall–Kier alpha value is -3.00. The van der Waals surface area contributed by atoms with Crippen molar-refractivity contribution in [3.63, 3.8) is 0 Å². The van der Waals surface area contributed by atoms with Gasteiger partial charge in [0.05, 0.1) is 12.8 Å². The molecular formula is C16H15N5O2S. The molecule has 0 fully saturated rings. The molecular weight excluding hydrogens is 326 g/mol. The van der Waals surface area contributed by atoms with Gasteiger partial charge < -0.3 is 9.84 Å². The van der Waals surface area contributed by atoms with E-state index in [1.165, 1.54) is 10.9 Å². The number of hydrogen-bond donors (Lipinski definition) is 2. The Balaban J connectivity index is 1.98. The zero-order valence-electron chi connectivity index (χ0n) is 12.9. The quantitative estimate of drug-likeness (QED) is 0.550. The molecule has 0 saturated carbocycles. The van der Waals surface area contributed by atoms with Crippen LogP contribution >= 0.6 is 12.2 Å². The van der Waals surface area contributed by atoms with Gasteiger partial charge in [0.2, 0.25) is 10.6 Å². The first kappa shape index (κ1) is 15.9. The summed E-state index contributed by atoms with van der Waals surface area (Å²) in [4.78, 5) is 4.24. The Morgan fingerprint density at radius 1 is 1.33 bits per heavy atom. The molecule has 0 atom stereocenters.